The monoisotopic (exact) mass is 344 g/mol. The number of aromatic nitrogens is 1. The van der Waals surface area contributed by atoms with Gasteiger partial charge >= 0.3 is 6.03 Å². The fraction of sp³-hybridized carbons (Fsp3) is 0.444. The van der Waals surface area contributed by atoms with E-state index in [4.69, 9.17) is 9.15 Å². The van der Waals surface area contributed by atoms with Gasteiger partial charge in [-0.3, -0.25) is 9.88 Å². The molecule has 134 valence electrons. The molecule has 0 aliphatic carbocycles. The Morgan fingerprint density at radius 2 is 2.12 bits per heavy atom. The van der Waals surface area contributed by atoms with Crippen LogP contribution in [0.2, 0.25) is 0 Å². The van der Waals surface area contributed by atoms with Crippen LogP contribution in [0, 0.1) is 6.92 Å². The summed E-state index contributed by atoms with van der Waals surface area (Å²) in [5.41, 5.74) is 0.962. The van der Waals surface area contributed by atoms with Crippen molar-refractivity contribution < 1.29 is 13.9 Å². The number of furan rings is 1. The molecule has 2 amide bonds. The molecule has 7 heteroatoms. The molecule has 2 N–H and O–H groups in total. The zero-order chi connectivity index (χ0) is 17.5. The molecule has 1 saturated heterocycles. The smallest absolute Gasteiger partial charge is 0.315 e. The second kappa shape index (κ2) is 8.64. The molecule has 0 saturated carbocycles. The molecule has 0 radical (unpaired) electrons. The second-order valence-electron chi connectivity index (χ2n) is 6.04. The molecule has 0 aromatic carbocycles. The third-order valence-electron chi connectivity index (χ3n) is 4.21. The maximum absolute atomic E-state index is 12.1. The van der Waals surface area contributed by atoms with E-state index in [1.54, 1.807) is 12.4 Å². The van der Waals surface area contributed by atoms with Crippen LogP contribution in [0.15, 0.2) is 41.1 Å². The van der Waals surface area contributed by atoms with E-state index in [-0.39, 0.29) is 12.1 Å². The molecule has 1 aliphatic heterocycles. The summed E-state index contributed by atoms with van der Waals surface area (Å²) >= 11 is 0. The molecule has 7 nitrogen and oxygen atoms in total. The van der Waals surface area contributed by atoms with E-state index in [9.17, 15) is 4.79 Å². The summed E-state index contributed by atoms with van der Waals surface area (Å²) in [6.07, 6.45) is 3.45. The lowest BCUT2D eigenvalue weighted by Gasteiger charge is -2.33. The van der Waals surface area contributed by atoms with Crippen LogP contribution in [-0.2, 0) is 11.3 Å². The van der Waals surface area contributed by atoms with Crippen LogP contribution in [0.3, 0.4) is 0 Å². The third kappa shape index (κ3) is 5.04. The Hall–Kier alpha value is -2.38. The van der Waals surface area contributed by atoms with Crippen molar-refractivity contribution in [1.82, 2.24) is 20.5 Å². The maximum Gasteiger partial charge on any atom is 0.315 e. The summed E-state index contributed by atoms with van der Waals surface area (Å²) in [5, 5.41) is 5.80. The Bertz CT molecular complexity index is 668. The van der Waals surface area contributed by atoms with Gasteiger partial charge in [0.05, 0.1) is 19.3 Å². The average Bonchev–Trinajstić information content (AvgIpc) is 3.08. The van der Waals surface area contributed by atoms with E-state index in [1.165, 1.54) is 0 Å². The van der Waals surface area contributed by atoms with Gasteiger partial charge in [0.25, 0.3) is 0 Å². The van der Waals surface area contributed by atoms with E-state index in [0.29, 0.717) is 26.3 Å². The van der Waals surface area contributed by atoms with Crippen molar-refractivity contribution in [3.05, 3.63) is 53.7 Å². The van der Waals surface area contributed by atoms with Crippen LogP contribution < -0.4 is 10.6 Å². The minimum atomic E-state index is -0.203. The van der Waals surface area contributed by atoms with Gasteiger partial charge in [-0.2, -0.15) is 0 Å². The number of nitrogens with one attached hydrogen (secondary N) is 2. The van der Waals surface area contributed by atoms with E-state index in [1.807, 2.05) is 31.2 Å². The van der Waals surface area contributed by atoms with E-state index in [2.05, 4.69) is 20.5 Å². The van der Waals surface area contributed by atoms with Gasteiger partial charge in [-0.25, -0.2) is 4.79 Å². The first kappa shape index (κ1) is 17.4. The van der Waals surface area contributed by atoms with Gasteiger partial charge in [0, 0.05) is 38.6 Å². The molecule has 2 aromatic rings. The summed E-state index contributed by atoms with van der Waals surface area (Å²) in [6.45, 7) is 5.89. The number of morpholine rings is 1. The number of urea groups is 1. The first-order valence-corrected chi connectivity index (χ1v) is 8.51. The average molecular weight is 344 g/mol. The predicted octanol–water partition coefficient (Wildman–Crippen LogP) is 1.86. The summed E-state index contributed by atoms with van der Waals surface area (Å²) in [6, 6.07) is 7.50. The van der Waals surface area contributed by atoms with Crippen LogP contribution >= 0.6 is 0 Å². The van der Waals surface area contributed by atoms with Crippen molar-refractivity contribution in [1.29, 1.82) is 0 Å². The normalized spacial score (nSPS) is 16.4. The summed E-state index contributed by atoms with van der Waals surface area (Å²) in [5.74, 6) is 1.74. The molecule has 3 heterocycles. The number of hydrogen-bond donors (Lipinski definition) is 2. The number of hydrogen-bond acceptors (Lipinski definition) is 5. The number of ether oxygens (including phenoxy) is 1. The molecule has 0 bridgehead atoms. The van der Waals surface area contributed by atoms with Crippen LogP contribution in [0.4, 0.5) is 4.79 Å². The number of rotatable bonds is 6. The molecular formula is C18H24N4O3. The lowest BCUT2D eigenvalue weighted by atomic mass is 10.1. The van der Waals surface area contributed by atoms with Crippen LogP contribution in [0.5, 0.6) is 0 Å². The highest BCUT2D eigenvalue weighted by atomic mass is 16.5. The fourth-order valence-electron chi connectivity index (χ4n) is 2.87. The summed E-state index contributed by atoms with van der Waals surface area (Å²) in [4.78, 5) is 18.4. The standard InChI is InChI=1S/C18H24N4O3/c1-14-4-5-17(25-14)16(22-7-9-24-10-8-22)13-21-18(23)20-12-15-3-2-6-19-11-15/h2-6,11,16H,7-10,12-13H2,1H3,(H2,20,21,23). The highest BCUT2D eigenvalue weighted by Gasteiger charge is 2.25. The second-order valence-corrected chi connectivity index (χ2v) is 6.04. The molecule has 25 heavy (non-hydrogen) atoms. The Morgan fingerprint density at radius 1 is 1.28 bits per heavy atom. The molecule has 0 spiro atoms. The van der Waals surface area contributed by atoms with Gasteiger partial charge in [-0.05, 0) is 30.7 Å². The molecule has 3 rings (SSSR count). The fourth-order valence-corrected chi connectivity index (χ4v) is 2.87. The summed E-state index contributed by atoms with van der Waals surface area (Å²) < 4.78 is 11.2. The zero-order valence-corrected chi connectivity index (χ0v) is 14.4. The van der Waals surface area contributed by atoms with Crippen molar-refractivity contribution in [2.45, 2.75) is 19.5 Å². The van der Waals surface area contributed by atoms with Gasteiger partial charge in [-0.15, -0.1) is 0 Å². The minimum absolute atomic E-state index is 0.00161. The number of nitrogens with zero attached hydrogens (tertiary/aromatic N) is 2. The van der Waals surface area contributed by atoms with Crippen molar-refractivity contribution in [2.75, 3.05) is 32.8 Å². The van der Waals surface area contributed by atoms with Gasteiger partial charge in [0.1, 0.15) is 11.5 Å². The Balaban J connectivity index is 1.55. The van der Waals surface area contributed by atoms with E-state index >= 15 is 0 Å². The van der Waals surface area contributed by atoms with E-state index in [0.717, 1.165) is 30.2 Å². The predicted molar refractivity (Wildman–Crippen MR) is 93.1 cm³/mol. The van der Waals surface area contributed by atoms with Crippen LogP contribution in [0.25, 0.3) is 0 Å². The topological polar surface area (TPSA) is 79.6 Å². The largest absolute Gasteiger partial charge is 0.465 e. The molecule has 1 atom stereocenters. The number of aryl methyl sites for hydroxylation is 1. The zero-order valence-electron chi connectivity index (χ0n) is 14.4. The molecule has 1 aliphatic rings. The SMILES string of the molecule is Cc1ccc(C(CNC(=O)NCc2cccnc2)N2CCOCC2)o1. The van der Waals surface area contributed by atoms with Gasteiger partial charge in [0.15, 0.2) is 0 Å². The minimum Gasteiger partial charge on any atom is -0.465 e. The number of carbonyl (C=O) groups is 1. The number of pyridine rings is 1. The quantitative estimate of drug-likeness (QED) is 0.836. The van der Waals surface area contributed by atoms with Gasteiger partial charge in [-0.1, -0.05) is 6.07 Å². The van der Waals surface area contributed by atoms with Gasteiger partial charge < -0.3 is 19.8 Å². The lowest BCUT2D eigenvalue weighted by molar-refractivity contribution is 0.0121. The van der Waals surface area contributed by atoms with Crippen LogP contribution in [0.1, 0.15) is 23.1 Å². The first-order chi connectivity index (χ1) is 12.2. The number of carbonyl (C=O) groups excluding carboxylic acids is 1. The summed E-state index contributed by atoms with van der Waals surface area (Å²) in [7, 11) is 0. The molecular weight excluding hydrogens is 320 g/mol. The van der Waals surface area contributed by atoms with Crippen molar-refractivity contribution in [3.63, 3.8) is 0 Å². The highest BCUT2D eigenvalue weighted by Crippen LogP contribution is 2.23. The van der Waals surface area contributed by atoms with Crippen molar-refractivity contribution >= 4 is 6.03 Å². The Kier molecular flexibility index (Phi) is 6.03. The molecule has 2 aromatic heterocycles. The van der Waals surface area contributed by atoms with Crippen LogP contribution in [-0.4, -0.2) is 48.8 Å². The number of amides is 2. The maximum atomic E-state index is 12.1. The van der Waals surface area contributed by atoms with Crippen molar-refractivity contribution in [2.24, 2.45) is 0 Å². The Labute approximate surface area is 147 Å². The lowest BCUT2D eigenvalue weighted by Crippen LogP contribution is -2.45. The van der Waals surface area contributed by atoms with Crippen molar-refractivity contribution in [3.8, 4) is 0 Å². The molecule has 1 unspecified atom stereocenters. The third-order valence-corrected chi connectivity index (χ3v) is 4.21. The van der Waals surface area contributed by atoms with E-state index < -0.39 is 0 Å². The Morgan fingerprint density at radius 3 is 2.80 bits per heavy atom. The van der Waals surface area contributed by atoms with Gasteiger partial charge in [0.2, 0.25) is 0 Å². The highest BCUT2D eigenvalue weighted by molar-refractivity contribution is 5.73. The first-order valence-electron chi connectivity index (χ1n) is 8.51. The molecule has 1 fully saturated rings.